The lowest BCUT2D eigenvalue weighted by molar-refractivity contribution is 0.0695. The molecule has 108 valence electrons. The van der Waals surface area contributed by atoms with Gasteiger partial charge in [0.25, 0.3) is 5.91 Å². The Kier molecular flexibility index (Phi) is 4.27. The fourth-order valence-electron chi connectivity index (χ4n) is 1.85. The molecule has 0 aliphatic heterocycles. The molecule has 1 aromatic carbocycles. The predicted octanol–water partition coefficient (Wildman–Crippen LogP) is 2.19. The van der Waals surface area contributed by atoms with Crippen molar-refractivity contribution in [2.75, 3.05) is 7.05 Å². The van der Waals surface area contributed by atoms with E-state index < -0.39 is 11.8 Å². The Morgan fingerprint density at radius 1 is 1.19 bits per heavy atom. The Morgan fingerprint density at radius 3 is 2.43 bits per heavy atom. The Balaban J connectivity index is 2.08. The van der Waals surface area contributed by atoms with Crippen LogP contribution in [0.3, 0.4) is 0 Å². The predicted molar refractivity (Wildman–Crippen MR) is 73.4 cm³/mol. The van der Waals surface area contributed by atoms with E-state index in [0.717, 1.165) is 17.8 Å². The summed E-state index contributed by atoms with van der Waals surface area (Å²) in [6, 6.07) is 7.34. The highest BCUT2D eigenvalue weighted by Crippen LogP contribution is 2.10. The number of carbonyl (C=O) groups is 2. The molecule has 0 bridgehead atoms. The number of hydrogen-bond acceptors (Lipinski definition) is 3. The van der Waals surface area contributed by atoms with Crippen molar-refractivity contribution in [3.63, 3.8) is 0 Å². The maximum absolute atomic E-state index is 13.0. The number of nitrogens with zero attached hydrogens (tertiary/aromatic N) is 2. The summed E-state index contributed by atoms with van der Waals surface area (Å²) in [4.78, 5) is 27.9. The maximum atomic E-state index is 13.0. The first-order chi connectivity index (χ1) is 9.97. The molecule has 0 atom stereocenters. The van der Waals surface area contributed by atoms with Crippen molar-refractivity contribution in [1.82, 2.24) is 9.88 Å². The molecule has 0 saturated heterocycles. The number of carbonyl (C=O) groups excluding carboxylic acids is 1. The van der Waals surface area contributed by atoms with Crippen molar-refractivity contribution >= 4 is 11.9 Å². The highest BCUT2D eigenvalue weighted by molar-refractivity contribution is 5.93. The van der Waals surface area contributed by atoms with Gasteiger partial charge in [-0.05, 0) is 23.8 Å². The lowest BCUT2D eigenvalue weighted by atomic mass is 10.1. The molecule has 6 heteroatoms. The number of amides is 1. The summed E-state index contributed by atoms with van der Waals surface area (Å²) in [6.07, 6.45) is 2.33. The van der Waals surface area contributed by atoms with Gasteiger partial charge in [-0.15, -0.1) is 0 Å². The number of hydrogen-bond donors (Lipinski definition) is 1. The van der Waals surface area contributed by atoms with Crippen LogP contribution in [0.4, 0.5) is 4.39 Å². The van der Waals surface area contributed by atoms with Gasteiger partial charge in [0, 0.05) is 19.8 Å². The highest BCUT2D eigenvalue weighted by Gasteiger charge is 2.13. The summed E-state index contributed by atoms with van der Waals surface area (Å²) >= 11 is 0. The minimum atomic E-state index is -1.00. The highest BCUT2D eigenvalue weighted by atomic mass is 19.1. The molecule has 0 radical (unpaired) electrons. The van der Waals surface area contributed by atoms with Crippen LogP contribution in [0.25, 0.3) is 0 Å². The fourth-order valence-corrected chi connectivity index (χ4v) is 1.85. The fraction of sp³-hybridized carbons (Fsp3) is 0.133. The van der Waals surface area contributed by atoms with E-state index in [1.54, 1.807) is 19.2 Å². The van der Waals surface area contributed by atoms with Crippen LogP contribution in [0.15, 0.2) is 42.7 Å². The van der Waals surface area contributed by atoms with Crippen molar-refractivity contribution in [2.45, 2.75) is 6.54 Å². The lowest BCUT2D eigenvalue weighted by Crippen LogP contribution is -2.26. The number of aromatic nitrogens is 1. The zero-order chi connectivity index (χ0) is 15.4. The van der Waals surface area contributed by atoms with Gasteiger partial charge in [-0.1, -0.05) is 12.1 Å². The summed E-state index contributed by atoms with van der Waals surface area (Å²) in [7, 11) is 1.58. The average Bonchev–Trinajstić information content (AvgIpc) is 2.47. The summed E-state index contributed by atoms with van der Waals surface area (Å²) in [5.74, 6) is -1.93. The van der Waals surface area contributed by atoms with E-state index in [9.17, 15) is 14.0 Å². The van der Waals surface area contributed by atoms with E-state index in [2.05, 4.69) is 4.98 Å². The number of carboxylic acids is 1. The van der Waals surface area contributed by atoms with E-state index in [-0.39, 0.29) is 23.6 Å². The van der Waals surface area contributed by atoms with Gasteiger partial charge in [0.15, 0.2) is 0 Å². The molecule has 2 rings (SSSR count). The van der Waals surface area contributed by atoms with Crippen molar-refractivity contribution < 1.29 is 19.1 Å². The Morgan fingerprint density at radius 2 is 1.86 bits per heavy atom. The first-order valence-corrected chi connectivity index (χ1v) is 6.15. The smallest absolute Gasteiger partial charge is 0.335 e. The van der Waals surface area contributed by atoms with Crippen LogP contribution in [0, 0.1) is 5.82 Å². The second-order valence-corrected chi connectivity index (χ2v) is 4.56. The van der Waals surface area contributed by atoms with Crippen LogP contribution in [-0.4, -0.2) is 33.9 Å². The number of benzene rings is 1. The molecule has 5 nitrogen and oxygen atoms in total. The summed E-state index contributed by atoms with van der Waals surface area (Å²) in [5.41, 5.74) is 1.13. The van der Waals surface area contributed by atoms with Crippen molar-refractivity contribution in [1.29, 1.82) is 0 Å². The van der Waals surface area contributed by atoms with Crippen LogP contribution < -0.4 is 0 Å². The molecule has 1 N–H and O–H groups in total. The van der Waals surface area contributed by atoms with Crippen molar-refractivity contribution in [2.24, 2.45) is 0 Å². The maximum Gasteiger partial charge on any atom is 0.335 e. The van der Waals surface area contributed by atoms with Gasteiger partial charge in [0.1, 0.15) is 5.82 Å². The SMILES string of the molecule is CN(Cc1ccc(C(=O)O)cc1)C(=O)c1cncc(F)c1. The van der Waals surface area contributed by atoms with E-state index >= 15 is 0 Å². The van der Waals surface area contributed by atoms with Gasteiger partial charge in [-0.25, -0.2) is 9.18 Å². The van der Waals surface area contributed by atoms with Crippen LogP contribution in [0.1, 0.15) is 26.3 Å². The van der Waals surface area contributed by atoms with Crippen LogP contribution in [0.2, 0.25) is 0 Å². The van der Waals surface area contributed by atoms with E-state index in [0.29, 0.717) is 0 Å². The topological polar surface area (TPSA) is 70.5 Å². The number of aromatic carboxylic acids is 1. The van der Waals surface area contributed by atoms with E-state index in [1.807, 2.05) is 0 Å². The largest absolute Gasteiger partial charge is 0.478 e. The molecule has 0 aliphatic carbocycles. The summed E-state index contributed by atoms with van der Waals surface area (Å²) in [6.45, 7) is 0.287. The molecule has 21 heavy (non-hydrogen) atoms. The molecule has 0 unspecified atom stereocenters. The molecular formula is C15H13FN2O3. The van der Waals surface area contributed by atoms with Crippen LogP contribution in [0.5, 0.6) is 0 Å². The lowest BCUT2D eigenvalue weighted by Gasteiger charge is -2.17. The molecular weight excluding hydrogens is 275 g/mol. The first kappa shape index (κ1) is 14.6. The average molecular weight is 288 g/mol. The standard InChI is InChI=1S/C15H13FN2O3/c1-18(14(19)12-6-13(16)8-17-7-12)9-10-2-4-11(5-3-10)15(20)21/h2-8H,9H2,1H3,(H,20,21). The second-order valence-electron chi connectivity index (χ2n) is 4.56. The number of halogens is 1. The molecule has 0 fully saturated rings. The minimum Gasteiger partial charge on any atom is -0.478 e. The zero-order valence-corrected chi connectivity index (χ0v) is 11.3. The third-order valence-corrected chi connectivity index (χ3v) is 2.92. The molecule has 0 saturated carbocycles. The van der Waals surface area contributed by atoms with Gasteiger partial charge in [-0.2, -0.15) is 0 Å². The first-order valence-electron chi connectivity index (χ1n) is 6.15. The molecule has 0 aliphatic rings. The van der Waals surface area contributed by atoms with Crippen LogP contribution in [-0.2, 0) is 6.54 Å². The normalized spacial score (nSPS) is 10.2. The van der Waals surface area contributed by atoms with E-state index in [4.69, 9.17) is 5.11 Å². The molecule has 0 spiro atoms. The Bertz CT molecular complexity index is 671. The molecule has 1 heterocycles. The number of carboxylic acid groups (broad SMARTS) is 1. The number of rotatable bonds is 4. The van der Waals surface area contributed by atoms with E-state index in [1.165, 1.54) is 23.2 Å². The van der Waals surface area contributed by atoms with Gasteiger partial charge in [0.05, 0.1) is 17.3 Å². The summed E-state index contributed by atoms with van der Waals surface area (Å²) < 4.78 is 13.0. The van der Waals surface area contributed by atoms with Gasteiger partial charge < -0.3 is 10.0 Å². The molecule has 2 aromatic rings. The van der Waals surface area contributed by atoms with Gasteiger partial charge in [-0.3, -0.25) is 9.78 Å². The zero-order valence-electron chi connectivity index (χ0n) is 11.3. The molecule has 1 amide bonds. The molecule has 1 aromatic heterocycles. The third kappa shape index (κ3) is 3.62. The Hall–Kier alpha value is -2.76. The Labute approximate surface area is 120 Å². The van der Waals surface area contributed by atoms with Gasteiger partial charge in [0.2, 0.25) is 0 Å². The number of pyridine rings is 1. The van der Waals surface area contributed by atoms with Gasteiger partial charge >= 0.3 is 5.97 Å². The van der Waals surface area contributed by atoms with Crippen LogP contribution >= 0.6 is 0 Å². The summed E-state index contributed by atoms with van der Waals surface area (Å²) in [5, 5.41) is 8.81. The minimum absolute atomic E-state index is 0.166. The monoisotopic (exact) mass is 288 g/mol. The second kappa shape index (κ2) is 6.13. The quantitative estimate of drug-likeness (QED) is 0.936. The van der Waals surface area contributed by atoms with Crippen molar-refractivity contribution in [3.05, 3.63) is 65.2 Å². The van der Waals surface area contributed by atoms with Crippen molar-refractivity contribution in [3.8, 4) is 0 Å². The third-order valence-electron chi connectivity index (χ3n) is 2.92.